The van der Waals surface area contributed by atoms with Crippen LogP contribution in [0.4, 0.5) is 0 Å². The van der Waals surface area contributed by atoms with Gasteiger partial charge in [0.15, 0.2) is 16.3 Å². The number of aryl methyl sites for hydroxylation is 3. The van der Waals surface area contributed by atoms with Gasteiger partial charge in [-0.15, -0.1) is 0 Å². The Bertz CT molecular complexity index is 1050. The molecular weight excluding hydrogens is 336 g/mol. The molecule has 0 radical (unpaired) electrons. The van der Waals surface area contributed by atoms with Crippen LogP contribution in [0.3, 0.4) is 0 Å². The zero-order chi connectivity index (χ0) is 17.6. The largest absolute Gasteiger partial charge is 0.485 e. The molecule has 0 aliphatic carbocycles. The fourth-order valence-corrected chi connectivity index (χ4v) is 4.30. The van der Waals surface area contributed by atoms with Crippen molar-refractivity contribution in [1.29, 1.82) is 0 Å². The van der Waals surface area contributed by atoms with E-state index in [0.717, 1.165) is 10.2 Å². The maximum absolute atomic E-state index is 12.6. The number of carbonyl (C=O) groups is 1. The summed E-state index contributed by atoms with van der Waals surface area (Å²) >= 11 is 1.51. The van der Waals surface area contributed by atoms with E-state index in [9.17, 15) is 4.79 Å². The van der Waals surface area contributed by atoms with Crippen LogP contribution in [0.25, 0.3) is 10.2 Å². The van der Waals surface area contributed by atoms with Crippen LogP contribution >= 0.6 is 11.3 Å². The summed E-state index contributed by atoms with van der Waals surface area (Å²) in [5, 5.41) is 0. The lowest BCUT2D eigenvalue weighted by molar-refractivity contribution is -0.127. The molecule has 2 aromatic carbocycles. The van der Waals surface area contributed by atoms with Crippen LogP contribution < -0.4 is 14.3 Å². The van der Waals surface area contributed by atoms with Gasteiger partial charge in [0, 0.05) is 7.05 Å². The molecule has 5 nitrogen and oxygen atoms in total. The van der Waals surface area contributed by atoms with Crippen molar-refractivity contribution in [3.63, 3.8) is 0 Å². The number of ether oxygens (including phenoxy) is 2. The molecular formula is C19H18N2O3S. The molecule has 0 saturated heterocycles. The second kappa shape index (κ2) is 6.04. The molecule has 0 saturated carbocycles. The first-order valence-corrected chi connectivity index (χ1v) is 8.88. The molecule has 1 aromatic heterocycles. The number of rotatable bonds is 1. The molecule has 1 amide bonds. The smallest absolute Gasteiger partial charge is 0.292 e. The summed E-state index contributed by atoms with van der Waals surface area (Å²) in [6, 6.07) is 11.6. The van der Waals surface area contributed by atoms with Gasteiger partial charge in [-0.3, -0.25) is 4.79 Å². The van der Waals surface area contributed by atoms with E-state index in [0.29, 0.717) is 16.3 Å². The Balaban J connectivity index is 1.70. The third-order valence-electron chi connectivity index (χ3n) is 4.22. The summed E-state index contributed by atoms with van der Waals surface area (Å²) in [7, 11) is 1.93. The average Bonchev–Trinajstić information content (AvgIpc) is 2.90. The standard InChI is InChI=1S/C19H18N2O3S/c1-11-8-12(2)17-16(9-11)25-19(21(17)3)20-18(22)15-10-23-13-6-4-5-7-14(13)24-15/h4-9,15H,10H2,1-3H3. The highest BCUT2D eigenvalue weighted by molar-refractivity contribution is 7.16. The summed E-state index contributed by atoms with van der Waals surface area (Å²) in [4.78, 5) is 17.5. The number of hydrogen-bond acceptors (Lipinski definition) is 4. The third kappa shape index (κ3) is 2.82. The van der Waals surface area contributed by atoms with E-state index in [1.807, 2.05) is 29.8 Å². The Morgan fingerprint density at radius 2 is 2.00 bits per heavy atom. The van der Waals surface area contributed by atoms with Gasteiger partial charge < -0.3 is 14.0 Å². The highest BCUT2D eigenvalue weighted by Crippen LogP contribution is 2.31. The summed E-state index contributed by atoms with van der Waals surface area (Å²) in [6.07, 6.45) is -0.719. The van der Waals surface area contributed by atoms with E-state index in [4.69, 9.17) is 9.47 Å². The van der Waals surface area contributed by atoms with E-state index < -0.39 is 6.10 Å². The van der Waals surface area contributed by atoms with Crippen molar-refractivity contribution in [2.75, 3.05) is 6.61 Å². The summed E-state index contributed by atoms with van der Waals surface area (Å²) in [5.74, 6) is 0.908. The van der Waals surface area contributed by atoms with E-state index in [2.05, 4.69) is 31.0 Å². The fraction of sp³-hybridized carbons (Fsp3) is 0.263. The first-order valence-electron chi connectivity index (χ1n) is 8.07. The van der Waals surface area contributed by atoms with Crippen molar-refractivity contribution >= 4 is 27.5 Å². The maximum atomic E-state index is 12.6. The third-order valence-corrected chi connectivity index (χ3v) is 5.30. The SMILES string of the molecule is Cc1cc(C)c2c(c1)sc(=NC(=O)C1COc3ccccc3O1)n2C. The number of carbonyl (C=O) groups excluding carboxylic acids is 1. The summed E-state index contributed by atoms with van der Waals surface area (Å²) in [6.45, 7) is 4.31. The molecule has 0 bridgehead atoms. The molecule has 1 aliphatic rings. The summed E-state index contributed by atoms with van der Waals surface area (Å²) in [5.41, 5.74) is 3.48. The number of aromatic nitrogens is 1. The average molecular weight is 354 g/mol. The zero-order valence-electron chi connectivity index (χ0n) is 14.3. The fourth-order valence-electron chi connectivity index (χ4n) is 3.10. The molecule has 0 N–H and O–H groups in total. The molecule has 128 valence electrons. The molecule has 1 unspecified atom stereocenters. The van der Waals surface area contributed by atoms with Gasteiger partial charge in [-0.2, -0.15) is 4.99 Å². The Morgan fingerprint density at radius 1 is 1.24 bits per heavy atom. The predicted octanol–water partition coefficient (Wildman–Crippen LogP) is 3.12. The normalized spacial score (nSPS) is 17.1. The monoisotopic (exact) mass is 354 g/mol. The minimum atomic E-state index is -0.719. The first kappa shape index (κ1) is 15.9. The lowest BCUT2D eigenvalue weighted by atomic mass is 10.1. The molecule has 1 atom stereocenters. The van der Waals surface area contributed by atoms with Gasteiger partial charge in [-0.05, 0) is 43.2 Å². The number of nitrogens with zero attached hydrogens (tertiary/aromatic N) is 2. The van der Waals surface area contributed by atoms with Crippen molar-refractivity contribution in [3.8, 4) is 11.5 Å². The Hall–Kier alpha value is -2.60. The van der Waals surface area contributed by atoms with Crippen molar-refractivity contribution in [3.05, 3.63) is 52.3 Å². The number of amides is 1. The van der Waals surface area contributed by atoms with Crippen LogP contribution in [0.1, 0.15) is 11.1 Å². The molecule has 2 heterocycles. The number of para-hydroxylation sites is 2. The Labute approximate surface area is 149 Å². The van der Waals surface area contributed by atoms with Crippen LogP contribution in [-0.2, 0) is 11.8 Å². The molecule has 25 heavy (non-hydrogen) atoms. The molecule has 3 aromatic rings. The van der Waals surface area contributed by atoms with Crippen molar-refractivity contribution in [1.82, 2.24) is 4.57 Å². The number of fused-ring (bicyclic) bond motifs is 2. The van der Waals surface area contributed by atoms with Crippen LogP contribution in [-0.4, -0.2) is 23.2 Å². The molecule has 4 rings (SSSR count). The molecule has 0 fully saturated rings. The second-order valence-electron chi connectivity index (χ2n) is 6.19. The molecule has 1 aliphatic heterocycles. The van der Waals surface area contributed by atoms with Crippen LogP contribution in [0.15, 0.2) is 41.4 Å². The number of benzene rings is 2. The van der Waals surface area contributed by atoms with Gasteiger partial charge >= 0.3 is 0 Å². The quantitative estimate of drug-likeness (QED) is 0.675. The Morgan fingerprint density at radius 3 is 2.80 bits per heavy atom. The minimum absolute atomic E-state index is 0.173. The van der Waals surface area contributed by atoms with Gasteiger partial charge in [-0.25, -0.2) is 0 Å². The van der Waals surface area contributed by atoms with E-state index in [1.165, 1.54) is 22.5 Å². The second-order valence-corrected chi connectivity index (χ2v) is 7.20. The van der Waals surface area contributed by atoms with Crippen molar-refractivity contribution in [2.45, 2.75) is 20.0 Å². The van der Waals surface area contributed by atoms with Crippen molar-refractivity contribution < 1.29 is 14.3 Å². The van der Waals surface area contributed by atoms with Gasteiger partial charge in [0.1, 0.15) is 6.61 Å². The highest BCUT2D eigenvalue weighted by atomic mass is 32.1. The van der Waals surface area contributed by atoms with E-state index in [-0.39, 0.29) is 12.5 Å². The van der Waals surface area contributed by atoms with Crippen LogP contribution in [0.5, 0.6) is 11.5 Å². The van der Waals surface area contributed by atoms with Crippen LogP contribution in [0.2, 0.25) is 0 Å². The molecule has 0 spiro atoms. The maximum Gasteiger partial charge on any atom is 0.292 e. The Kier molecular flexibility index (Phi) is 3.84. The summed E-state index contributed by atoms with van der Waals surface area (Å²) < 4.78 is 14.4. The predicted molar refractivity (Wildman–Crippen MR) is 97.2 cm³/mol. The highest BCUT2D eigenvalue weighted by Gasteiger charge is 2.27. The zero-order valence-corrected chi connectivity index (χ0v) is 15.1. The topological polar surface area (TPSA) is 52.8 Å². The van der Waals surface area contributed by atoms with Gasteiger partial charge in [0.05, 0.1) is 10.2 Å². The lowest BCUT2D eigenvalue weighted by Gasteiger charge is -2.23. The van der Waals surface area contributed by atoms with E-state index >= 15 is 0 Å². The minimum Gasteiger partial charge on any atom is -0.485 e. The van der Waals surface area contributed by atoms with E-state index in [1.54, 1.807) is 6.07 Å². The first-order chi connectivity index (χ1) is 12.0. The number of thiazole rings is 1. The van der Waals surface area contributed by atoms with Crippen molar-refractivity contribution in [2.24, 2.45) is 12.0 Å². The van der Waals surface area contributed by atoms with Gasteiger partial charge in [0.25, 0.3) is 5.91 Å². The number of hydrogen-bond donors (Lipinski definition) is 0. The lowest BCUT2D eigenvalue weighted by Crippen LogP contribution is -2.36. The van der Waals surface area contributed by atoms with Gasteiger partial charge in [0.2, 0.25) is 6.10 Å². The van der Waals surface area contributed by atoms with Gasteiger partial charge in [-0.1, -0.05) is 29.5 Å². The molecule has 6 heteroatoms. The van der Waals surface area contributed by atoms with Crippen LogP contribution in [0, 0.1) is 13.8 Å².